The number of aliphatic hydroxyl groups excluding tert-OH is 2. The van der Waals surface area contributed by atoms with Gasteiger partial charge >= 0.3 is 23.9 Å². The minimum atomic E-state index is -1.92. The van der Waals surface area contributed by atoms with E-state index in [1.807, 2.05) is 12.2 Å². The van der Waals surface area contributed by atoms with Crippen molar-refractivity contribution in [3.05, 3.63) is 122 Å². The number of carbonyl (C=O) groups is 4. The highest BCUT2D eigenvalue weighted by atomic mass is 16.7. The Balaban J connectivity index is 2.72. The lowest BCUT2D eigenvalue weighted by atomic mass is 9.98. The maximum absolute atomic E-state index is 13.2. The van der Waals surface area contributed by atoms with Crippen LogP contribution in [0.5, 0.6) is 0 Å². The molecule has 0 bridgehead atoms. The zero-order valence-corrected chi connectivity index (χ0v) is 51.9. The van der Waals surface area contributed by atoms with E-state index >= 15 is 0 Å². The van der Waals surface area contributed by atoms with Crippen LogP contribution in [0, 0.1) is 0 Å². The summed E-state index contributed by atoms with van der Waals surface area (Å²) in [5, 5.41) is 31.6. The average Bonchev–Trinajstić information content (AvgIpc) is 3.59. The number of hydrogen-bond acceptors (Lipinski definition) is 11. The van der Waals surface area contributed by atoms with Crippen LogP contribution in [0.3, 0.4) is 0 Å². The van der Waals surface area contributed by atoms with Crippen molar-refractivity contribution in [2.24, 2.45) is 0 Å². The molecule has 0 saturated carbocycles. The molecular formula is C71H114O12. The molecule has 1 heterocycles. The van der Waals surface area contributed by atoms with Crippen LogP contribution in [0.25, 0.3) is 0 Å². The van der Waals surface area contributed by atoms with Gasteiger partial charge in [-0.25, -0.2) is 4.79 Å². The number of esters is 3. The van der Waals surface area contributed by atoms with Gasteiger partial charge in [-0.05, 0) is 116 Å². The predicted molar refractivity (Wildman–Crippen MR) is 340 cm³/mol. The molecule has 12 heteroatoms. The summed E-state index contributed by atoms with van der Waals surface area (Å²) in [7, 11) is 0. The van der Waals surface area contributed by atoms with Crippen molar-refractivity contribution in [1.82, 2.24) is 0 Å². The van der Waals surface area contributed by atoms with Crippen molar-refractivity contribution >= 4 is 23.9 Å². The van der Waals surface area contributed by atoms with Crippen LogP contribution in [0.15, 0.2) is 122 Å². The smallest absolute Gasteiger partial charge is 0.335 e. The van der Waals surface area contributed by atoms with Crippen molar-refractivity contribution < 1.29 is 58.2 Å². The largest absolute Gasteiger partial charge is 0.479 e. The van der Waals surface area contributed by atoms with Crippen LogP contribution < -0.4 is 0 Å². The van der Waals surface area contributed by atoms with Gasteiger partial charge in [0.1, 0.15) is 18.8 Å². The van der Waals surface area contributed by atoms with E-state index in [2.05, 4.69) is 130 Å². The van der Waals surface area contributed by atoms with Gasteiger partial charge in [0.2, 0.25) is 0 Å². The van der Waals surface area contributed by atoms with E-state index in [-0.39, 0.29) is 25.9 Å². The molecular weight excluding hydrogens is 1040 g/mol. The van der Waals surface area contributed by atoms with Gasteiger partial charge in [0.25, 0.3) is 0 Å². The molecule has 12 nitrogen and oxygen atoms in total. The fourth-order valence-corrected chi connectivity index (χ4v) is 9.11. The van der Waals surface area contributed by atoms with Gasteiger partial charge in [-0.3, -0.25) is 14.4 Å². The number of rotatable bonds is 54. The first-order valence-electron chi connectivity index (χ1n) is 32.5. The van der Waals surface area contributed by atoms with Gasteiger partial charge in [0, 0.05) is 19.3 Å². The first-order chi connectivity index (χ1) is 40.6. The average molecular weight is 1160 g/mol. The molecule has 0 aliphatic carbocycles. The van der Waals surface area contributed by atoms with E-state index in [1.165, 1.54) is 51.4 Å². The van der Waals surface area contributed by atoms with E-state index in [1.54, 1.807) is 0 Å². The molecule has 0 aromatic heterocycles. The second-order valence-electron chi connectivity index (χ2n) is 21.6. The number of carbonyl (C=O) groups excluding carboxylic acids is 3. The molecule has 1 saturated heterocycles. The zero-order valence-electron chi connectivity index (χ0n) is 51.9. The maximum Gasteiger partial charge on any atom is 0.335 e. The summed E-state index contributed by atoms with van der Waals surface area (Å²) in [6.45, 7) is 5.70. The number of allylic oxidation sites excluding steroid dienone is 20. The standard InChI is InChI=1S/C71H114O12/c1-4-7-10-13-16-19-22-25-28-31-32-35-36-39-42-45-48-51-54-57-63(72)79-60-62(81-64(73)58-55-52-49-46-43-40-37-33-29-26-23-20-17-14-11-8-5-2)61-80-71-69(67(76)66(75)68(83-71)70(77)78)82-65(74)59-56-53-50-47-44-41-38-34-30-27-24-21-18-15-12-9-6-3/h7-8,10-11,16-17,19-20,25-30,32,35,39,42,48,51,62,66-69,71,75-76H,4-6,9,12-15,18,21-24,31,33-34,36-38,40-41,43-47,49-50,52-61H2,1-3H3,(H,77,78)/b10-7-,11-8-,19-16-,20-17-,28-25-,29-26-,30-27-,35-32-,42-39-,51-48-. The number of aliphatic carboxylic acids is 1. The van der Waals surface area contributed by atoms with Gasteiger partial charge in [0.15, 0.2) is 24.6 Å². The first kappa shape index (κ1) is 76.1. The molecule has 6 atom stereocenters. The minimum Gasteiger partial charge on any atom is -0.479 e. The Hall–Kier alpha value is -4.88. The number of ether oxygens (including phenoxy) is 5. The summed E-state index contributed by atoms with van der Waals surface area (Å²) in [4.78, 5) is 51.3. The Labute approximate surface area is 503 Å². The van der Waals surface area contributed by atoms with Crippen LogP contribution in [-0.2, 0) is 42.9 Å². The molecule has 0 radical (unpaired) electrons. The summed E-state index contributed by atoms with van der Waals surface area (Å²) < 4.78 is 28.4. The molecule has 0 aromatic rings. The Kier molecular flexibility index (Phi) is 52.8. The maximum atomic E-state index is 13.2. The molecule has 1 fully saturated rings. The van der Waals surface area contributed by atoms with Crippen LogP contribution in [0.2, 0.25) is 0 Å². The molecule has 470 valence electrons. The number of carboxylic acids is 1. The van der Waals surface area contributed by atoms with Crippen LogP contribution in [-0.4, -0.2) is 89.2 Å². The second kappa shape index (κ2) is 57.5. The highest BCUT2D eigenvalue weighted by Gasteiger charge is 2.50. The van der Waals surface area contributed by atoms with Crippen LogP contribution in [0.4, 0.5) is 0 Å². The molecule has 1 aliphatic rings. The SMILES string of the molecule is CC/C=C\C/C=C\C/C=C\C/C=C\C/C=C\C/C=C\CCC(=O)OCC(COC1OC(C(=O)O)C(O)C(O)C1OC(=O)CCCCCCCCC/C=C\CCCCCCCC)OC(=O)CCCCCCCCC/C=C\C/C=C\C/C=C\CC. The van der Waals surface area contributed by atoms with Gasteiger partial charge in [-0.2, -0.15) is 0 Å². The fraction of sp³-hybridized carbons (Fsp3) is 0.662. The van der Waals surface area contributed by atoms with E-state index in [9.17, 15) is 34.5 Å². The Morgan fingerprint density at radius 1 is 0.410 bits per heavy atom. The van der Waals surface area contributed by atoms with Crippen molar-refractivity contribution in [2.75, 3.05) is 13.2 Å². The van der Waals surface area contributed by atoms with Gasteiger partial charge in [-0.15, -0.1) is 0 Å². The van der Waals surface area contributed by atoms with Crippen molar-refractivity contribution in [3.8, 4) is 0 Å². The molecule has 0 amide bonds. The molecule has 0 aromatic carbocycles. The number of aliphatic hydroxyl groups is 2. The lowest BCUT2D eigenvalue weighted by Crippen LogP contribution is -2.61. The van der Waals surface area contributed by atoms with E-state index < -0.39 is 67.3 Å². The van der Waals surface area contributed by atoms with E-state index in [0.29, 0.717) is 19.3 Å². The van der Waals surface area contributed by atoms with Crippen molar-refractivity contribution in [1.29, 1.82) is 0 Å². The summed E-state index contributed by atoms with van der Waals surface area (Å²) in [6.07, 6.45) is 67.4. The Bertz CT molecular complexity index is 1900. The predicted octanol–water partition coefficient (Wildman–Crippen LogP) is 17.6. The molecule has 1 aliphatic heterocycles. The number of hydrogen-bond donors (Lipinski definition) is 3. The fourth-order valence-electron chi connectivity index (χ4n) is 9.11. The molecule has 6 unspecified atom stereocenters. The van der Waals surface area contributed by atoms with Crippen LogP contribution >= 0.6 is 0 Å². The molecule has 1 rings (SSSR count). The third-order valence-electron chi connectivity index (χ3n) is 14.0. The van der Waals surface area contributed by atoms with Gasteiger partial charge < -0.3 is 39.0 Å². The summed E-state index contributed by atoms with van der Waals surface area (Å²) in [6, 6.07) is 0. The summed E-state index contributed by atoms with van der Waals surface area (Å²) in [5.74, 6) is -3.26. The second-order valence-corrected chi connectivity index (χ2v) is 21.6. The third-order valence-corrected chi connectivity index (χ3v) is 14.0. The zero-order chi connectivity index (χ0) is 60.3. The van der Waals surface area contributed by atoms with Crippen LogP contribution in [0.1, 0.15) is 252 Å². The Morgan fingerprint density at radius 2 is 0.783 bits per heavy atom. The lowest BCUT2D eigenvalue weighted by Gasteiger charge is -2.40. The first-order valence-corrected chi connectivity index (χ1v) is 32.5. The minimum absolute atomic E-state index is 0.0420. The molecule has 0 spiro atoms. The molecule has 3 N–H and O–H groups in total. The quantitative estimate of drug-likeness (QED) is 0.0228. The lowest BCUT2D eigenvalue weighted by molar-refractivity contribution is -0.301. The van der Waals surface area contributed by atoms with E-state index in [0.717, 1.165) is 141 Å². The number of unbranched alkanes of at least 4 members (excludes halogenated alkanes) is 20. The monoisotopic (exact) mass is 1160 g/mol. The Morgan fingerprint density at radius 3 is 1.22 bits per heavy atom. The normalized spacial score (nSPS) is 18.4. The van der Waals surface area contributed by atoms with E-state index in [4.69, 9.17) is 23.7 Å². The highest BCUT2D eigenvalue weighted by Crippen LogP contribution is 2.26. The summed E-state index contributed by atoms with van der Waals surface area (Å²) >= 11 is 0. The third kappa shape index (κ3) is 47.1. The van der Waals surface area contributed by atoms with Crippen molar-refractivity contribution in [2.45, 2.75) is 289 Å². The highest BCUT2D eigenvalue weighted by molar-refractivity contribution is 5.74. The topological polar surface area (TPSA) is 175 Å². The van der Waals surface area contributed by atoms with Crippen molar-refractivity contribution in [3.63, 3.8) is 0 Å². The van der Waals surface area contributed by atoms with Gasteiger partial charge in [0.05, 0.1) is 6.61 Å². The molecule has 83 heavy (non-hydrogen) atoms. The number of carboxylic acid groups (broad SMARTS) is 1. The van der Waals surface area contributed by atoms with Gasteiger partial charge in [-0.1, -0.05) is 239 Å². The summed E-state index contributed by atoms with van der Waals surface area (Å²) in [5.41, 5.74) is 0.